The smallest absolute Gasteiger partial charge is 0.243 e. The van der Waals surface area contributed by atoms with Gasteiger partial charge in [-0.1, -0.05) is 0 Å². The normalized spacial score (nSPS) is 12.3. The second kappa shape index (κ2) is 4.00. The molecule has 2 N–H and O–H groups in total. The molecule has 0 saturated carbocycles. The number of hydrogen-bond donors (Lipinski definition) is 2. The summed E-state index contributed by atoms with van der Waals surface area (Å²) >= 11 is 0. The van der Waals surface area contributed by atoms with Crippen LogP contribution in [0.4, 0.5) is 0 Å². The minimum atomic E-state index is -0.327. The van der Waals surface area contributed by atoms with Gasteiger partial charge in [-0.25, -0.2) is 0 Å². The van der Waals surface area contributed by atoms with Crippen molar-refractivity contribution in [3.05, 3.63) is 0 Å². The summed E-state index contributed by atoms with van der Waals surface area (Å²) in [5.41, 5.74) is 0. The third-order valence-corrected chi connectivity index (χ3v) is 1.13. The molecule has 0 rings (SSSR count). The lowest BCUT2D eigenvalue weighted by atomic mass is 10.3. The first kappa shape index (κ1) is 9.10. The number of carbonyl (C=O) groups is 2. The first-order valence-electron chi connectivity index (χ1n) is 3.06. The maximum absolute atomic E-state index is 10.8. The number of amides is 2. The van der Waals surface area contributed by atoms with E-state index in [1.807, 2.05) is 0 Å². The number of likely N-dealkylation sites (N-methyl/N-ethyl adjacent to an activating group) is 1. The average Bonchev–Trinajstić information content (AvgIpc) is 1.85. The molecular formula is C6H12N2O2. The van der Waals surface area contributed by atoms with Crippen molar-refractivity contribution < 1.29 is 9.59 Å². The minimum absolute atomic E-state index is 0.296. The highest BCUT2D eigenvalue weighted by Crippen LogP contribution is 1.77. The topological polar surface area (TPSA) is 58.2 Å². The largest absolute Gasteiger partial charge is 0.309 e. The second-order valence-electron chi connectivity index (χ2n) is 2.06. The fourth-order valence-corrected chi connectivity index (χ4v) is 0.413. The molecule has 0 radical (unpaired) electrons. The standard InChI is InChI=1S/C6H12N2O2/c1-4(7-3)6(10)8-5(2)9/h4,7H,1-3H3,(H,8,9,10)/t4-/m0/s1. The van der Waals surface area contributed by atoms with Crippen LogP contribution in [-0.2, 0) is 9.59 Å². The number of hydrogen-bond acceptors (Lipinski definition) is 3. The lowest BCUT2D eigenvalue weighted by Gasteiger charge is -2.07. The van der Waals surface area contributed by atoms with Gasteiger partial charge in [0.15, 0.2) is 0 Å². The molecule has 4 heteroatoms. The second-order valence-corrected chi connectivity index (χ2v) is 2.06. The highest BCUT2D eigenvalue weighted by molar-refractivity contribution is 5.96. The molecular weight excluding hydrogens is 132 g/mol. The van der Waals surface area contributed by atoms with Crippen LogP contribution in [0.3, 0.4) is 0 Å². The monoisotopic (exact) mass is 144 g/mol. The Hall–Kier alpha value is -0.900. The van der Waals surface area contributed by atoms with E-state index >= 15 is 0 Å². The molecule has 0 heterocycles. The van der Waals surface area contributed by atoms with E-state index in [0.29, 0.717) is 0 Å². The Morgan fingerprint density at radius 3 is 2.20 bits per heavy atom. The van der Waals surface area contributed by atoms with Gasteiger partial charge in [-0.05, 0) is 14.0 Å². The quantitative estimate of drug-likeness (QED) is 0.536. The van der Waals surface area contributed by atoms with Crippen molar-refractivity contribution in [1.82, 2.24) is 10.6 Å². The highest BCUT2D eigenvalue weighted by atomic mass is 16.2. The van der Waals surface area contributed by atoms with E-state index in [4.69, 9.17) is 0 Å². The van der Waals surface area contributed by atoms with Gasteiger partial charge in [0.2, 0.25) is 11.8 Å². The van der Waals surface area contributed by atoms with Crippen LogP contribution in [0, 0.1) is 0 Å². The van der Waals surface area contributed by atoms with Gasteiger partial charge in [0, 0.05) is 6.92 Å². The molecule has 0 aromatic carbocycles. The summed E-state index contributed by atoms with van der Waals surface area (Å²) in [5, 5.41) is 4.86. The van der Waals surface area contributed by atoms with Crippen molar-refractivity contribution in [2.45, 2.75) is 19.9 Å². The Bertz CT molecular complexity index is 145. The summed E-state index contributed by atoms with van der Waals surface area (Å²) < 4.78 is 0. The van der Waals surface area contributed by atoms with Crippen molar-refractivity contribution in [3.63, 3.8) is 0 Å². The van der Waals surface area contributed by atoms with Crippen molar-refractivity contribution in [1.29, 1.82) is 0 Å². The maximum Gasteiger partial charge on any atom is 0.243 e. The molecule has 0 aliphatic rings. The molecule has 0 bridgehead atoms. The molecule has 4 nitrogen and oxygen atoms in total. The van der Waals surface area contributed by atoms with E-state index in [1.165, 1.54) is 6.92 Å². The number of nitrogens with one attached hydrogen (secondary N) is 2. The first-order valence-corrected chi connectivity index (χ1v) is 3.06. The summed E-state index contributed by atoms with van der Waals surface area (Å²) in [6, 6.07) is -0.316. The first-order chi connectivity index (χ1) is 4.57. The summed E-state index contributed by atoms with van der Waals surface area (Å²) in [5.74, 6) is -0.623. The van der Waals surface area contributed by atoms with Crippen molar-refractivity contribution in [2.24, 2.45) is 0 Å². The van der Waals surface area contributed by atoms with Crippen molar-refractivity contribution >= 4 is 11.8 Å². The third-order valence-electron chi connectivity index (χ3n) is 1.13. The molecule has 0 unspecified atom stereocenters. The molecule has 2 amide bonds. The van der Waals surface area contributed by atoms with Crippen LogP contribution < -0.4 is 10.6 Å². The molecule has 1 atom stereocenters. The fourth-order valence-electron chi connectivity index (χ4n) is 0.413. The van der Waals surface area contributed by atoms with Crippen molar-refractivity contribution in [3.8, 4) is 0 Å². The van der Waals surface area contributed by atoms with Crippen LogP contribution in [0.2, 0.25) is 0 Å². The van der Waals surface area contributed by atoms with Crippen LogP contribution in [0.5, 0.6) is 0 Å². The molecule has 10 heavy (non-hydrogen) atoms. The molecule has 0 aliphatic heterocycles. The number of rotatable bonds is 2. The zero-order valence-corrected chi connectivity index (χ0v) is 6.39. The van der Waals surface area contributed by atoms with Gasteiger partial charge >= 0.3 is 0 Å². The zero-order chi connectivity index (χ0) is 8.15. The van der Waals surface area contributed by atoms with E-state index in [0.717, 1.165) is 0 Å². The summed E-state index contributed by atoms with van der Waals surface area (Å²) in [6.07, 6.45) is 0. The van der Waals surface area contributed by atoms with Crippen LogP contribution in [0.25, 0.3) is 0 Å². The van der Waals surface area contributed by atoms with Gasteiger partial charge in [-0.15, -0.1) is 0 Å². The van der Waals surface area contributed by atoms with Gasteiger partial charge in [0.1, 0.15) is 0 Å². The molecule has 0 saturated heterocycles. The van der Waals surface area contributed by atoms with Gasteiger partial charge in [0.05, 0.1) is 6.04 Å². The van der Waals surface area contributed by atoms with Crippen LogP contribution in [0.1, 0.15) is 13.8 Å². The summed E-state index contributed by atoms with van der Waals surface area (Å²) in [7, 11) is 1.66. The van der Waals surface area contributed by atoms with Crippen LogP contribution in [-0.4, -0.2) is 24.9 Å². The van der Waals surface area contributed by atoms with E-state index < -0.39 is 0 Å². The molecule has 58 valence electrons. The van der Waals surface area contributed by atoms with Crippen LogP contribution in [0.15, 0.2) is 0 Å². The van der Waals surface area contributed by atoms with E-state index in [-0.39, 0.29) is 17.9 Å². The predicted octanol–water partition coefficient (Wildman–Crippen LogP) is -0.743. The van der Waals surface area contributed by atoms with Crippen LogP contribution >= 0.6 is 0 Å². The predicted molar refractivity (Wildman–Crippen MR) is 37.3 cm³/mol. The zero-order valence-electron chi connectivity index (χ0n) is 6.39. The minimum Gasteiger partial charge on any atom is -0.309 e. The lowest BCUT2D eigenvalue weighted by Crippen LogP contribution is -2.42. The maximum atomic E-state index is 10.8. The number of imide groups is 1. The fraction of sp³-hybridized carbons (Fsp3) is 0.667. The molecule has 0 aromatic rings. The van der Waals surface area contributed by atoms with E-state index in [2.05, 4.69) is 10.6 Å². The van der Waals surface area contributed by atoms with Gasteiger partial charge < -0.3 is 5.32 Å². The number of carbonyl (C=O) groups excluding carboxylic acids is 2. The molecule has 0 aliphatic carbocycles. The molecule has 0 spiro atoms. The Kier molecular flexibility index (Phi) is 3.64. The Balaban J connectivity index is 3.73. The van der Waals surface area contributed by atoms with Gasteiger partial charge in [-0.2, -0.15) is 0 Å². The Morgan fingerprint density at radius 2 is 1.90 bits per heavy atom. The Labute approximate surface area is 60.0 Å². The summed E-state index contributed by atoms with van der Waals surface area (Å²) in [6.45, 7) is 2.98. The van der Waals surface area contributed by atoms with E-state index in [9.17, 15) is 9.59 Å². The molecule has 0 fully saturated rings. The van der Waals surface area contributed by atoms with E-state index in [1.54, 1.807) is 14.0 Å². The van der Waals surface area contributed by atoms with Gasteiger partial charge in [0.25, 0.3) is 0 Å². The van der Waals surface area contributed by atoms with Crippen molar-refractivity contribution in [2.75, 3.05) is 7.05 Å². The average molecular weight is 144 g/mol. The Morgan fingerprint density at radius 1 is 1.40 bits per heavy atom. The molecule has 0 aromatic heterocycles. The third kappa shape index (κ3) is 3.19. The highest BCUT2D eigenvalue weighted by Gasteiger charge is 2.09. The van der Waals surface area contributed by atoms with Gasteiger partial charge in [-0.3, -0.25) is 14.9 Å². The lowest BCUT2D eigenvalue weighted by molar-refractivity contribution is -0.130. The summed E-state index contributed by atoms with van der Waals surface area (Å²) in [4.78, 5) is 21.1. The SMILES string of the molecule is CN[C@@H](C)C(=O)NC(C)=O.